The van der Waals surface area contributed by atoms with Crippen molar-refractivity contribution < 1.29 is 19.1 Å². The maximum atomic E-state index is 13.0. The molecule has 8 heteroatoms. The lowest BCUT2D eigenvalue weighted by molar-refractivity contribution is 0.0924. The zero-order valence-corrected chi connectivity index (χ0v) is 17.2. The third kappa shape index (κ3) is 3.88. The molecule has 0 aromatic heterocycles. The number of imide groups is 1. The quantitative estimate of drug-likeness (QED) is 0.485. The van der Waals surface area contributed by atoms with Gasteiger partial charge in [-0.15, -0.1) is 0 Å². The molecule has 4 rings (SSSR count). The van der Waals surface area contributed by atoms with Crippen LogP contribution in [-0.4, -0.2) is 29.9 Å². The van der Waals surface area contributed by atoms with E-state index < -0.39 is 17.7 Å². The number of thiocarbonyl (C=S) groups is 1. The summed E-state index contributed by atoms with van der Waals surface area (Å²) in [5, 5.41) is 5.44. The number of benzene rings is 3. The molecule has 0 radical (unpaired) electrons. The van der Waals surface area contributed by atoms with Crippen LogP contribution in [0.1, 0.15) is 31.1 Å². The first-order valence-electron chi connectivity index (χ1n) is 9.33. The van der Waals surface area contributed by atoms with Crippen LogP contribution in [0, 0.1) is 0 Å². The Morgan fingerprint density at radius 2 is 1.61 bits per heavy atom. The fourth-order valence-corrected chi connectivity index (χ4v) is 3.48. The third-order valence-electron chi connectivity index (χ3n) is 4.76. The number of hydrogen-bond acceptors (Lipinski definition) is 5. The van der Waals surface area contributed by atoms with Crippen molar-refractivity contribution in [1.29, 1.82) is 0 Å². The molecule has 154 valence electrons. The Hall–Kier alpha value is -4.04. The summed E-state index contributed by atoms with van der Waals surface area (Å²) in [7, 11) is 1.54. The molecule has 7 nitrogen and oxygen atoms in total. The Balaban J connectivity index is 1.53. The first kappa shape index (κ1) is 20.2. The Morgan fingerprint density at radius 1 is 0.903 bits per heavy atom. The first-order valence-corrected chi connectivity index (χ1v) is 9.73. The topological polar surface area (TPSA) is 87.7 Å². The molecule has 3 amide bonds. The first-order chi connectivity index (χ1) is 15.0. The summed E-state index contributed by atoms with van der Waals surface area (Å²) in [5.41, 5.74) is 1.69. The van der Waals surface area contributed by atoms with Crippen LogP contribution in [0.2, 0.25) is 0 Å². The second kappa shape index (κ2) is 8.37. The van der Waals surface area contributed by atoms with Gasteiger partial charge in [0.25, 0.3) is 17.7 Å². The number of nitrogens with one attached hydrogen (secondary N) is 2. The summed E-state index contributed by atoms with van der Waals surface area (Å²) in [4.78, 5) is 39.4. The number of para-hydroxylation sites is 1. The highest BCUT2D eigenvalue weighted by Crippen LogP contribution is 2.32. The third-order valence-corrected chi connectivity index (χ3v) is 4.96. The van der Waals surface area contributed by atoms with Crippen LogP contribution >= 0.6 is 12.2 Å². The SMILES string of the molecule is COc1ccc(C(=O)NC(=S)Nc2cccc3c2C(=O)N(c2ccccc2)C3=O)cc1. The summed E-state index contributed by atoms with van der Waals surface area (Å²) in [5.74, 6) is -0.661. The molecule has 0 atom stereocenters. The van der Waals surface area contributed by atoms with Gasteiger partial charge in [-0.05, 0) is 60.7 Å². The van der Waals surface area contributed by atoms with Crippen LogP contribution in [0.4, 0.5) is 11.4 Å². The highest BCUT2D eigenvalue weighted by molar-refractivity contribution is 7.80. The van der Waals surface area contributed by atoms with E-state index in [9.17, 15) is 14.4 Å². The van der Waals surface area contributed by atoms with Gasteiger partial charge in [0.1, 0.15) is 5.75 Å². The molecule has 0 spiro atoms. The Kier molecular flexibility index (Phi) is 5.46. The van der Waals surface area contributed by atoms with E-state index in [0.29, 0.717) is 22.7 Å². The molecule has 0 aliphatic carbocycles. The zero-order valence-electron chi connectivity index (χ0n) is 16.4. The number of carbonyl (C=O) groups excluding carboxylic acids is 3. The number of methoxy groups -OCH3 is 1. The van der Waals surface area contributed by atoms with Gasteiger partial charge in [0.05, 0.1) is 29.6 Å². The van der Waals surface area contributed by atoms with Gasteiger partial charge in [-0.3, -0.25) is 19.7 Å². The number of rotatable bonds is 4. The van der Waals surface area contributed by atoms with Crippen LogP contribution in [0.15, 0.2) is 72.8 Å². The summed E-state index contributed by atoms with van der Waals surface area (Å²) < 4.78 is 5.08. The molecule has 0 saturated carbocycles. The largest absolute Gasteiger partial charge is 0.497 e. The minimum atomic E-state index is -0.460. The van der Waals surface area contributed by atoms with Crippen molar-refractivity contribution >= 4 is 46.4 Å². The van der Waals surface area contributed by atoms with E-state index >= 15 is 0 Å². The Morgan fingerprint density at radius 3 is 2.29 bits per heavy atom. The number of carbonyl (C=O) groups is 3. The normalized spacial score (nSPS) is 12.4. The Bertz CT molecular complexity index is 1190. The standard InChI is InChI=1S/C23H17N3O4S/c1-30-16-12-10-14(11-13-16)20(27)25-23(31)24-18-9-5-8-17-19(18)22(29)26(21(17)28)15-6-3-2-4-7-15/h2-13H,1H3,(H2,24,25,27,31). The lowest BCUT2D eigenvalue weighted by Crippen LogP contribution is -2.34. The smallest absolute Gasteiger partial charge is 0.268 e. The molecule has 1 heterocycles. The number of amides is 3. The van der Waals surface area contributed by atoms with Crippen LogP contribution < -0.4 is 20.3 Å². The Labute approximate surface area is 183 Å². The predicted molar refractivity (Wildman–Crippen MR) is 121 cm³/mol. The summed E-state index contributed by atoms with van der Waals surface area (Å²) in [6.07, 6.45) is 0. The van der Waals surface area contributed by atoms with Gasteiger partial charge in [0, 0.05) is 5.56 Å². The van der Waals surface area contributed by atoms with Gasteiger partial charge in [-0.1, -0.05) is 24.3 Å². The molecule has 31 heavy (non-hydrogen) atoms. The maximum absolute atomic E-state index is 13.0. The molecule has 0 saturated heterocycles. The maximum Gasteiger partial charge on any atom is 0.268 e. The van der Waals surface area contributed by atoms with E-state index in [0.717, 1.165) is 4.90 Å². The molecular formula is C23H17N3O4S. The summed E-state index contributed by atoms with van der Waals surface area (Å²) in [6.45, 7) is 0. The summed E-state index contributed by atoms with van der Waals surface area (Å²) >= 11 is 5.25. The van der Waals surface area contributed by atoms with Crippen molar-refractivity contribution in [3.05, 3.63) is 89.5 Å². The molecule has 0 fully saturated rings. The molecule has 0 bridgehead atoms. The minimum absolute atomic E-state index is 0.00706. The average molecular weight is 431 g/mol. The fraction of sp³-hybridized carbons (Fsp3) is 0.0435. The van der Waals surface area contributed by atoms with E-state index in [-0.39, 0.29) is 16.2 Å². The molecule has 3 aromatic rings. The second-order valence-corrected chi connectivity index (χ2v) is 7.05. The van der Waals surface area contributed by atoms with Gasteiger partial charge in [-0.2, -0.15) is 0 Å². The van der Waals surface area contributed by atoms with Crippen molar-refractivity contribution in [2.24, 2.45) is 0 Å². The molecule has 0 unspecified atom stereocenters. The molecular weight excluding hydrogens is 414 g/mol. The monoisotopic (exact) mass is 431 g/mol. The van der Waals surface area contributed by atoms with Crippen molar-refractivity contribution in [1.82, 2.24) is 5.32 Å². The number of fused-ring (bicyclic) bond motifs is 1. The van der Waals surface area contributed by atoms with E-state index in [1.807, 2.05) is 0 Å². The summed E-state index contributed by atoms with van der Waals surface area (Å²) in [6, 6.07) is 20.1. The van der Waals surface area contributed by atoms with Gasteiger partial charge < -0.3 is 10.1 Å². The second-order valence-electron chi connectivity index (χ2n) is 6.65. The minimum Gasteiger partial charge on any atom is -0.497 e. The van der Waals surface area contributed by atoms with Gasteiger partial charge in [0.2, 0.25) is 0 Å². The van der Waals surface area contributed by atoms with Gasteiger partial charge >= 0.3 is 0 Å². The number of ether oxygens (including phenoxy) is 1. The average Bonchev–Trinajstić information content (AvgIpc) is 3.05. The molecule has 1 aliphatic heterocycles. The van der Waals surface area contributed by atoms with E-state index in [4.69, 9.17) is 17.0 Å². The molecule has 3 aromatic carbocycles. The zero-order chi connectivity index (χ0) is 22.0. The van der Waals surface area contributed by atoms with Crippen molar-refractivity contribution in [3.63, 3.8) is 0 Å². The van der Waals surface area contributed by atoms with Crippen LogP contribution in [0.5, 0.6) is 5.75 Å². The molecule has 2 N–H and O–H groups in total. The number of hydrogen-bond donors (Lipinski definition) is 2. The van der Waals surface area contributed by atoms with E-state index in [2.05, 4.69) is 10.6 Å². The number of nitrogens with zero attached hydrogens (tertiary/aromatic N) is 1. The van der Waals surface area contributed by atoms with Crippen molar-refractivity contribution in [2.45, 2.75) is 0 Å². The van der Waals surface area contributed by atoms with E-state index in [1.165, 1.54) is 7.11 Å². The predicted octanol–water partition coefficient (Wildman–Crippen LogP) is 3.62. The number of anilines is 2. The van der Waals surface area contributed by atoms with Crippen LogP contribution in [-0.2, 0) is 0 Å². The highest BCUT2D eigenvalue weighted by Gasteiger charge is 2.38. The van der Waals surface area contributed by atoms with Crippen LogP contribution in [0.25, 0.3) is 0 Å². The van der Waals surface area contributed by atoms with Gasteiger partial charge in [-0.25, -0.2) is 4.90 Å². The lowest BCUT2D eigenvalue weighted by Gasteiger charge is -2.14. The van der Waals surface area contributed by atoms with Crippen molar-refractivity contribution in [3.8, 4) is 5.75 Å². The van der Waals surface area contributed by atoms with Crippen LogP contribution in [0.3, 0.4) is 0 Å². The lowest BCUT2D eigenvalue weighted by atomic mass is 10.1. The van der Waals surface area contributed by atoms with Crippen molar-refractivity contribution in [2.75, 3.05) is 17.3 Å². The highest BCUT2D eigenvalue weighted by atomic mass is 32.1. The van der Waals surface area contributed by atoms with E-state index in [1.54, 1.807) is 72.8 Å². The molecule has 1 aliphatic rings. The van der Waals surface area contributed by atoms with Gasteiger partial charge in [0.15, 0.2) is 5.11 Å². The fourth-order valence-electron chi connectivity index (χ4n) is 3.27.